The van der Waals surface area contributed by atoms with E-state index in [2.05, 4.69) is 9.72 Å². The van der Waals surface area contributed by atoms with E-state index in [0.29, 0.717) is 5.56 Å². The first-order valence-electron chi connectivity index (χ1n) is 6.82. The van der Waals surface area contributed by atoms with Crippen LogP contribution >= 0.6 is 11.6 Å². The molecule has 0 saturated heterocycles. The van der Waals surface area contributed by atoms with Gasteiger partial charge in [-0.3, -0.25) is 14.2 Å². The summed E-state index contributed by atoms with van der Waals surface area (Å²) in [5, 5.41) is -0.328. The van der Waals surface area contributed by atoms with Crippen LogP contribution in [0.2, 0.25) is 5.15 Å². The highest BCUT2D eigenvalue weighted by Crippen LogP contribution is 2.23. The van der Waals surface area contributed by atoms with Gasteiger partial charge in [0.05, 0.1) is 11.9 Å². The van der Waals surface area contributed by atoms with Crippen LogP contribution in [0, 0.1) is 5.82 Å². The highest BCUT2D eigenvalue weighted by molar-refractivity contribution is 6.29. The van der Waals surface area contributed by atoms with Crippen LogP contribution in [-0.4, -0.2) is 21.0 Å². The Morgan fingerprint density at radius 3 is 2.75 bits per heavy atom. The van der Waals surface area contributed by atoms with E-state index < -0.39 is 18.0 Å². The fraction of sp³-hybridized carbons (Fsp3) is 0.200. The molecular weight excluding hydrogens is 347 g/mol. The van der Waals surface area contributed by atoms with E-state index in [9.17, 15) is 18.0 Å². The van der Waals surface area contributed by atoms with Gasteiger partial charge in [0.15, 0.2) is 16.6 Å². The number of para-hydroxylation sites is 1. The average Bonchev–Trinajstić information content (AvgIpc) is 2.74. The monoisotopic (exact) mass is 357 g/mol. The fourth-order valence-electron chi connectivity index (χ4n) is 2.43. The standard InChI is InChI=1S/C15H11ClF3N3O2/c1-21-14(23)9-6-10(17)12(16)20-13(9)22(21)7-8-4-2-3-5-11(8)24-15(18)19/h2-6,15H,7H2,1H3. The Kier molecular flexibility index (Phi) is 4.23. The van der Waals surface area contributed by atoms with Gasteiger partial charge in [0.25, 0.3) is 5.56 Å². The lowest BCUT2D eigenvalue weighted by Gasteiger charge is -2.13. The molecule has 0 fully saturated rings. The zero-order valence-electron chi connectivity index (χ0n) is 12.3. The molecule has 0 radical (unpaired) electrons. The number of aromatic nitrogens is 3. The number of ether oxygens (including phenoxy) is 1. The number of alkyl halides is 2. The van der Waals surface area contributed by atoms with E-state index in [1.807, 2.05) is 0 Å². The van der Waals surface area contributed by atoms with E-state index >= 15 is 0 Å². The second-order valence-electron chi connectivity index (χ2n) is 5.00. The summed E-state index contributed by atoms with van der Waals surface area (Å²) in [6, 6.07) is 7.19. The van der Waals surface area contributed by atoms with Crippen molar-refractivity contribution >= 4 is 22.6 Å². The van der Waals surface area contributed by atoms with Gasteiger partial charge >= 0.3 is 6.61 Å². The minimum absolute atomic E-state index is 0.0185. The molecule has 1 aromatic carbocycles. The minimum atomic E-state index is -2.97. The third kappa shape index (κ3) is 2.84. The lowest BCUT2D eigenvalue weighted by atomic mass is 10.2. The summed E-state index contributed by atoms with van der Waals surface area (Å²) in [6.45, 7) is -2.95. The Morgan fingerprint density at radius 1 is 1.33 bits per heavy atom. The van der Waals surface area contributed by atoms with Crippen LogP contribution in [0.4, 0.5) is 13.2 Å². The molecule has 0 spiro atoms. The van der Waals surface area contributed by atoms with Gasteiger partial charge in [-0.05, 0) is 12.1 Å². The normalized spacial score (nSPS) is 11.4. The zero-order valence-corrected chi connectivity index (χ0v) is 13.1. The molecule has 0 aliphatic rings. The van der Waals surface area contributed by atoms with Gasteiger partial charge in [-0.1, -0.05) is 29.8 Å². The van der Waals surface area contributed by atoms with Gasteiger partial charge < -0.3 is 4.74 Å². The fourth-order valence-corrected chi connectivity index (χ4v) is 2.56. The Hall–Kier alpha value is -2.48. The van der Waals surface area contributed by atoms with Crippen LogP contribution in [0.1, 0.15) is 5.56 Å². The molecule has 0 bridgehead atoms. The first-order valence-corrected chi connectivity index (χ1v) is 7.20. The van der Waals surface area contributed by atoms with Crippen molar-refractivity contribution in [3.8, 4) is 5.75 Å². The maximum atomic E-state index is 13.5. The van der Waals surface area contributed by atoms with Crippen LogP contribution in [0.5, 0.6) is 5.75 Å². The summed E-state index contributed by atoms with van der Waals surface area (Å²) in [5.41, 5.74) is 0.0913. The Morgan fingerprint density at radius 2 is 2.04 bits per heavy atom. The summed E-state index contributed by atoms with van der Waals surface area (Å²) >= 11 is 5.69. The molecule has 2 heterocycles. The SMILES string of the molecule is Cn1c(=O)c2cc(F)c(Cl)nc2n1Cc1ccccc1OC(F)F. The third-order valence-electron chi connectivity index (χ3n) is 3.55. The lowest BCUT2D eigenvalue weighted by molar-refractivity contribution is -0.0505. The highest BCUT2D eigenvalue weighted by atomic mass is 35.5. The van der Waals surface area contributed by atoms with Gasteiger partial charge in [0.1, 0.15) is 5.75 Å². The second-order valence-corrected chi connectivity index (χ2v) is 5.36. The van der Waals surface area contributed by atoms with Crippen LogP contribution in [0.15, 0.2) is 35.1 Å². The van der Waals surface area contributed by atoms with Crippen molar-refractivity contribution < 1.29 is 17.9 Å². The summed E-state index contributed by atoms with van der Waals surface area (Å²) in [6.07, 6.45) is 0. The molecule has 3 rings (SSSR count). The van der Waals surface area contributed by atoms with Crippen molar-refractivity contribution in [2.75, 3.05) is 0 Å². The summed E-state index contributed by atoms with van der Waals surface area (Å²) in [7, 11) is 1.46. The number of pyridine rings is 1. The summed E-state index contributed by atoms with van der Waals surface area (Å²) in [4.78, 5) is 16.1. The van der Waals surface area contributed by atoms with E-state index in [4.69, 9.17) is 11.6 Å². The largest absolute Gasteiger partial charge is 0.434 e. The van der Waals surface area contributed by atoms with Crippen LogP contribution in [0.25, 0.3) is 11.0 Å². The number of nitrogens with zero attached hydrogens (tertiary/aromatic N) is 3. The molecule has 24 heavy (non-hydrogen) atoms. The molecule has 0 amide bonds. The number of rotatable bonds is 4. The topological polar surface area (TPSA) is 49.0 Å². The van der Waals surface area contributed by atoms with E-state index in [1.165, 1.54) is 22.5 Å². The van der Waals surface area contributed by atoms with Crippen molar-refractivity contribution in [2.24, 2.45) is 7.05 Å². The molecule has 5 nitrogen and oxygen atoms in total. The molecule has 0 unspecified atom stereocenters. The molecule has 3 aromatic rings. The predicted octanol–water partition coefficient (Wildman–Crippen LogP) is 3.18. The number of halogens is 4. The van der Waals surface area contributed by atoms with Crippen LogP contribution < -0.4 is 10.3 Å². The smallest absolute Gasteiger partial charge is 0.387 e. The highest BCUT2D eigenvalue weighted by Gasteiger charge is 2.17. The molecule has 2 aromatic heterocycles. The van der Waals surface area contributed by atoms with Crippen molar-refractivity contribution in [3.63, 3.8) is 0 Å². The number of hydrogen-bond donors (Lipinski definition) is 0. The quantitative estimate of drug-likeness (QED) is 0.674. The van der Waals surface area contributed by atoms with Gasteiger partial charge in [0, 0.05) is 12.6 Å². The van der Waals surface area contributed by atoms with E-state index in [-0.39, 0.29) is 28.5 Å². The van der Waals surface area contributed by atoms with Gasteiger partial charge in [-0.2, -0.15) is 8.78 Å². The maximum Gasteiger partial charge on any atom is 0.387 e. The predicted molar refractivity (Wildman–Crippen MR) is 82.1 cm³/mol. The molecule has 0 aliphatic heterocycles. The number of hydrogen-bond acceptors (Lipinski definition) is 3. The number of benzene rings is 1. The molecule has 0 atom stereocenters. The summed E-state index contributed by atoms with van der Waals surface area (Å²) < 4.78 is 45.7. The first-order chi connectivity index (χ1) is 11.4. The third-order valence-corrected chi connectivity index (χ3v) is 3.82. The van der Waals surface area contributed by atoms with Crippen molar-refractivity contribution in [3.05, 3.63) is 57.2 Å². The molecule has 0 saturated carbocycles. The first kappa shape index (κ1) is 16.4. The summed E-state index contributed by atoms with van der Waals surface area (Å²) in [5.74, 6) is -0.824. The van der Waals surface area contributed by atoms with E-state index in [0.717, 1.165) is 6.07 Å². The van der Waals surface area contributed by atoms with Crippen LogP contribution in [-0.2, 0) is 13.6 Å². The molecule has 126 valence electrons. The minimum Gasteiger partial charge on any atom is -0.434 e. The average molecular weight is 358 g/mol. The molecule has 9 heteroatoms. The Bertz CT molecular complexity index is 968. The van der Waals surface area contributed by atoms with Gasteiger partial charge in [-0.25, -0.2) is 9.37 Å². The second kappa shape index (κ2) is 6.20. The van der Waals surface area contributed by atoms with Crippen molar-refractivity contribution in [1.29, 1.82) is 0 Å². The maximum absolute atomic E-state index is 13.5. The Labute approximate surface area is 138 Å². The van der Waals surface area contributed by atoms with Crippen molar-refractivity contribution in [1.82, 2.24) is 14.3 Å². The lowest BCUT2D eigenvalue weighted by Crippen LogP contribution is -2.20. The van der Waals surface area contributed by atoms with E-state index in [1.54, 1.807) is 18.2 Å². The molecule has 0 N–H and O–H groups in total. The van der Waals surface area contributed by atoms with Crippen LogP contribution in [0.3, 0.4) is 0 Å². The molecular formula is C15H11ClF3N3O2. The zero-order chi connectivity index (χ0) is 17.4. The molecule has 0 aliphatic carbocycles. The van der Waals surface area contributed by atoms with Gasteiger partial charge in [0.2, 0.25) is 0 Å². The number of fused-ring (bicyclic) bond motifs is 1. The Balaban J connectivity index is 2.13. The van der Waals surface area contributed by atoms with Gasteiger partial charge in [-0.15, -0.1) is 0 Å². The van der Waals surface area contributed by atoms with Crippen molar-refractivity contribution in [2.45, 2.75) is 13.2 Å².